The first kappa shape index (κ1) is 11.5. The number of rotatable bonds is 2. The van der Waals surface area contributed by atoms with E-state index in [2.05, 4.69) is 4.98 Å². The van der Waals surface area contributed by atoms with Gasteiger partial charge in [-0.25, -0.2) is 4.98 Å². The summed E-state index contributed by atoms with van der Waals surface area (Å²) in [4.78, 5) is 4.65. The molecule has 0 aliphatic heterocycles. The lowest BCUT2D eigenvalue weighted by atomic mass is 10.1. The molecule has 19 heavy (non-hydrogen) atoms. The Morgan fingerprint density at radius 2 is 1.84 bits per heavy atom. The van der Waals surface area contributed by atoms with Crippen molar-refractivity contribution < 1.29 is 4.74 Å². The number of anilines is 1. The number of fused-ring (bicyclic) bond motifs is 1. The molecule has 0 spiro atoms. The molecule has 0 radical (unpaired) electrons. The molecule has 3 nitrogen and oxygen atoms in total. The zero-order valence-corrected chi connectivity index (χ0v) is 10.6. The van der Waals surface area contributed by atoms with Gasteiger partial charge in [0.25, 0.3) is 0 Å². The number of hydrogen-bond acceptors (Lipinski definition) is 3. The summed E-state index contributed by atoms with van der Waals surface area (Å²) in [5.74, 6) is 0.811. The van der Waals surface area contributed by atoms with Crippen LogP contribution in [0.15, 0.2) is 54.6 Å². The van der Waals surface area contributed by atoms with Crippen LogP contribution in [-0.2, 0) is 0 Å². The number of ether oxygens (including phenoxy) is 1. The van der Waals surface area contributed by atoms with Crippen molar-refractivity contribution in [3.8, 4) is 17.0 Å². The van der Waals surface area contributed by atoms with Crippen molar-refractivity contribution in [3.63, 3.8) is 0 Å². The molecule has 2 aromatic carbocycles. The van der Waals surface area contributed by atoms with E-state index in [-0.39, 0.29) is 0 Å². The first-order chi connectivity index (χ1) is 9.28. The van der Waals surface area contributed by atoms with Crippen LogP contribution >= 0.6 is 0 Å². The Morgan fingerprint density at radius 1 is 1.00 bits per heavy atom. The van der Waals surface area contributed by atoms with Crippen molar-refractivity contribution in [1.29, 1.82) is 0 Å². The summed E-state index contributed by atoms with van der Waals surface area (Å²) in [7, 11) is 1.65. The summed E-state index contributed by atoms with van der Waals surface area (Å²) in [6.07, 6.45) is 0. The van der Waals surface area contributed by atoms with Gasteiger partial charge in [0.05, 0.1) is 18.3 Å². The van der Waals surface area contributed by atoms with E-state index in [1.54, 1.807) is 7.11 Å². The van der Waals surface area contributed by atoms with Gasteiger partial charge in [-0.3, -0.25) is 0 Å². The Balaban J connectivity index is 2.19. The lowest BCUT2D eigenvalue weighted by molar-refractivity contribution is 0.415. The second kappa shape index (κ2) is 4.61. The van der Waals surface area contributed by atoms with Crippen LogP contribution < -0.4 is 10.5 Å². The summed E-state index contributed by atoms with van der Waals surface area (Å²) >= 11 is 0. The molecule has 0 aliphatic carbocycles. The first-order valence-corrected chi connectivity index (χ1v) is 6.07. The van der Waals surface area contributed by atoms with Crippen LogP contribution in [0.3, 0.4) is 0 Å². The van der Waals surface area contributed by atoms with Crippen LogP contribution in [0.25, 0.3) is 22.2 Å². The second-order valence-electron chi connectivity index (χ2n) is 4.35. The van der Waals surface area contributed by atoms with Gasteiger partial charge in [0.2, 0.25) is 0 Å². The van der Waals surface area contributed by atoms with E-state index in [0.29, 0.717) is 0 Å². The van der Waals surface area contributed by atoms with Gasteiger partial charge in [-0.1, -0.05) is 30.3 Å². The molecule has 0 fully saturated rings. The van der Waals surface area contributed by atoms with Crippen LogP contribution in [0.5, 0.6) is 5.75 Å². The van der Waals surface area contributed by atoms with Crippen molar-refractivity contribution >= 4 is 16.6 Å². The van der Waals surface area contributed by atoms with E-state index in [0.717, 1.165) is 33.6 Å². The maximum absolute atomic E-state index is 6.09. The van der Waals surface area contributed by atoms with E-state index in [4.69, 9.17) is 10.5 Å². The van der Waals surface area contributed by atoms with Crippen LogP contribution in [0, 0.1) is 0 Å². The van der Waals surface area contributed by atoms with Crippen LogP contribution in [0.1, 0.15) is 0 Å². The summed E-state index contributed by atoms with van der Waals surface area (Å²) in [5.41, 5.74) is 9.59. The molecule has 3 rings (SSSR count). The number of methoxy groups -OCH3 is 1. The average molecular weight is 250 g/mol. The minimum atomic E-state index is 0.739. The molecule has 94 valence electrons. The summed E-state index contributed by atoms with van der Waals surface area (Å²) < 4.78 is 5.24. The number of nitrogen functional groups attached to an aromatic ring is 1. The van der Waals surface area contributed by atoms with E-state index in [1.165, 1.54) is 0 Å². The van der Waals surface area contributed by atoms with Crippen molar-refractivity contribution in [2.24, 2.45) is 0 Å². The lowest BCUT2D eigenvalue weighted by Gasteiger charge is -2.07. The number of benzene rings is 2. The Morgan fingerprint density at radius 3 is 2.68 bits per heavy atom. The third-order valence-corrected chi connectivity index (χ3v) is 3.11. The van der Waals surface area contributed by atoms with E-state index in [1.807, 2.05) is 54.6 Å². The fourth-order valence-corrected chi connectivity index (χ4v) is 2.13. The molecule has 1 heterocycles. The molecule has 0 saturated carbocycles. The van der Waals surface area contributed by atoms with E-state index < -0.39 is 0 Å². The summed E-state index contributed by atoms with van der Waals surface area (Å²) in [6.45, 7) is 0. The van der Waals surface area contributed by atoms with Crippen LogP contribution in [0.4, 0.5) is 5.69 Å². The minimum Gasteiger partial charge on any atom is -0.497 e. The highest BCUT2D eigenvalue weighted by Crippen LogP contribution is 2.28. The highest BCUT2D eigenvalue weighted by atomic mass is 16.5. The number of pyridine rings is 1. The Bertz CT molecular complexity index is 738. The molecule has 1 aromatic heterocycles. The molecule has 0 atom stereocenters. The average Bonchev–Trinajstić information content (AvgIpc) is 2.47. The predicted octanol–water partition coefficient (Wildman–Crippen LogP) is 3.49. The summed E-state index contributed by atoms with van der Waals surface area (Å²) in [6, 6.07) is 17.6. The van der Waals surface area contributed by atoms with E-state index >= 15 is 0 Å². The summed E-state index contributed by atoms with van der Waals surface area (Å²) in [5, 5.41) is 0.981. The normalized spacial score (nSPS) is 10.6. The smallest absolute Gasteiger partial charge is 0.119 e. The van der Waals surface area contributed by atoms with Crippen molar-refractivity contribution in [1.82, 2.24) is 4.98 Å². The lowest BCUT2D eigenvalue weighted by Crippen LogP contribution is -1.93. The molecule has 0 amide bonds. The number of aromatic nitrogens is 1. The molecule has 0 unspecified atom stereocenters. The number of nitrogens with zero attached hydrogens (tertiary/aromatic N) is 1. The molecule has 0 saturated heterocycles. The van der Waals surface area contributed by atoms with E-state index in [9.17, 15) is 0 Å². The highest BCUT2D eigenvalue weighted by Gasteiger charge is 2.05. The van der Waals surface area contributed by atoms with Crippen molar-refractivity contribution in [2.75, 3.05) is 12.8 Å². The topological polar surface area (TPSA) is 48.1 Å². The van der Waals surface area contributed by atoms with Gasteiger partial charge in [0.1, 0.15) is 5.75 Å². The fourth-order valence-electron chi connectivity index (χ4n) is 2.13. The molecule has 2 N–H and O–H groups in total. The van der Waals surface area contributed by atoms with Gasteiger partial charge in [-0.05, 0) is 24.3 Å². The molecule has 0 bridgehead atoms. The predicted molar refractivity (Wildman–Crippen MR) is 78.1 cm³/mol. The Hall–Kier alpha value is -2.55. The molecule has 3 heteroatoms. The minimum absolute atomic E-state index is 0.739. The monoisotopic (exact) mass is 250 g/mol. The van der Waals surface area contributed by atoms with Crippen molar-refractivity contribution in [3.05, 3.63) is 54.6 Å². The number of nitrogens with two attached hydrogens (primary N) is 1. The standard InChI is InChI=1S/C16H14N2O/c1-19-12-6-4-5-11(9-12)16-10-14(17)13-7-2-3-8-15(13)18-16/h2-10H,1H3,(H2,17,18). The SMILES string of the molecule is COc1cccc(-c2cc(N)c3ccccc3n2)c1. The molecule has 0 aliphatic rings. The largest absolute Gasteiger partial charge is 0.497 e. The highest BCUT2D eigenvalue weighted by molar-refractivity contribution is 5.92. The van der Waals surface area contributed by atoms with Gasteiger partial charge in [0, 0.05) is 16.6 Å². The van der Waals surface area contributed by atoms with Gasteiger partial charge in [0.15, 0.2) is 0 Å². The zero-order valence-electron chi connectivity index (χ0n) is 10.6. The quantitative estimate of drug-likeness (QED) is 0.757. The Labute approximate surface area is 111 Å². The van der Waals surface area contributed by atoms with Gasteiger partial charge in [-0.2, -0.15) is 0 Å². The molecular formula is C16H14N2O. The zero-order chi connectivity index (χ0) is 13.2. The Kier molecular flexibility index (Phi) is 2.80. The fraction of sp³-hybridized carbons (Fsp3) is 0.0625. The third-order valence-electron chi connectivity index (χ3n) is 3.11. The number of para-hydroxylation sites is 1. The maximum Gasteiger partial charge on any atom is 0.119 e. The van der Waals surface area contributed by atoms with Crippen molar-refractivity contribution in [2.45, 2.75) is 0 Å². The first-order valence-electron chi connectivity index (χ1n) is 6.07. The number of hydrogen-bond donors (Lipinski definition) is 1. The van der Waals surface area contributed by atoms with Gasteiger partial charge < -0.3 is 10.5 Å². The molecular weight excluding hydrogens is 236 g/mol. The maximum atomic E-state index is 6.09. The van der Waals surface area contributed by atoms with Crippen LogP contribution in [0.2, 0.25) is 0 Å². The van der Waals surface area contributed by atoms with Gasteiger partial charge in [-0.15, -0.1) is 0 Å². The van der Waals surface area contributed by atoms with Gasteiger partial charge >= 0.3 is 0 Å². The molecule has 3 aromatic rings. The second-order valence-corrected chi connectivity index (χ2v) is 4.35. The third kappa shape index (κ3) is 2.10. The van der Waals surface area contributed by atoms with Crippen LogP contribution in [-0.4, -0.2) is 12.1 Å².